The summed E-state index contributed by atoms with van der Waals surface area (Å²) in [5.74, 6) is 2.75. The van der Waals surface area contributed by atoms with Crippen LogP contribution in [0.3, 0.4) is 0 Å². The molecule has 0 fully saturated rings. The average molecular weight is 395 g/mol. The van der Waals surface area contributed by atoms with Crippen LogP contribution in [-0.2, 0) is 0 Å². The average Bonchev–Trinajstić information content (AvgIpc) is 3.56. The van der Waals surface area contributed by atoms with Gasteiger partial charge in [0, 0.05) is 46.2 Å². The molecular weight excluding hydrogens is 374 g/mol. The van der Waals surface area contributed by atoms with Crippen molar-refractivity contribution in [3.05, 3.63) is 71.1 Å². The second-order valence-electron chi connectivity index (χ2n) is 7.58. The molecule has 4 heterocycles. The van der Waals surface area contributed by atoms with Crippen molar-refractivity contribution in [2.75, 3.05) is 26.2 Å². The summed E-state index contributed by atoms with van der Waals surface area (Å²) in [7, 11) is 0. The highest BCUT2D eigenvalue weighted by molar-refractivity contribution is 6.03. The molecule has 2 aliphatic rings. The second kappa shape index (κ2) is 6.91. The van der Waals surface area contributed by atoms with E-state index in [1.54, 1.807) is 0 Å². The number of aromatic nitrogens is 1. The molecule has 6 nitrogen and oxygen atoms in total. The first-order chi connectivity index (χ1) is 14.8. The molecule has 2 aromatic carbocycles. The first-order valence-electron chi connectivity index (χ1n) is 10.2. The van der Waals surface area contributed by atoms with E-state index < -0.39 is 0 Å². The van der Waals surface area contributed by atoms with E-state index in [0.717, 1.165) is 76.9 Å². The van der Waals surface area contributed by atoms with Gasteiger partial charge >= 0.3 is 0 Å². The highest BCUT2D eigenvalue weighted by Gasteiger charge is 2.11. The Bertz CT molecular complexity index is 1250. The smallest absolute Gasteiger partial charge is 0.135 e. The molecule has 0 radical (unpaired) electrons. The predicted molar refractivity (Wildman–Crippen MR) is 122 cm³/mol. The Morgan fingerprint density at radius 1 is 0.767 bits per heavy atom. The van der Waals surface area contributed by atoms with Crippen LogP contribution >= 0.6 is 0 Å². The van der Waals surface area contributed by atoms with Crippen LogP contribution in [-0.4, -0.2) is 42.8 Å². The monoisotopic (exact) mass is 395 g/mol. The molecule has 0 aliphatic carbocycles. The van der Waals surface area contributed by atoms with Crippen molar-refractivity contribution in [3.8, 4) is 0 Å². The molecular formula is C24H21N5O. The fourth-order valence-corrected chi connectivity index (χ4v) is 4.03. The maximum atomic E-state index is 6.04. The Balaban J connectivity index is 1.27. The van der Waals surface area contributed by atoms with Crippen LogP contribution in [0.1, 0.15) is 22.6 Å². The SMILES string of the molecule is C(=C\c1cc2ccc(C3=NCCN3)cc2o1)/c1cc2cc(C3=NCCN3)ccc2[nH]1. The number of benzene rings is 2. The number of nitrogens with zero attached hydrogens (tertiary/aromatic N) is 2. The summed E-state index contributed by atoms with van der Waals surface area (Å²) in [4.78, 5) is 12.4. The van der Waals surface area contributed by atoms with E-state index in [0.29, 0.717) is 0 Å². The van der Waals surface area contributed by atoms with Crippen LogP contribution in [0.2, 0.25) is 0 Å². The predicted octanol–water partition coefficient (Wildman–Crippen LogP) is 3.78. The fourth-order valence-electron chi connectivity index (χ4n) is 4.03. The van der Waals surface area contributed by atoms with Gasteiger partial charge in [0.05, 0.1) is 13.1 Å². The topological polar surface area (TPSA) is 77.7 Å². The molecule has 0 saturated heterocycles. The Morgan fingerprint density at radius 2 is 1.53 bits per heavy atom. The molecule has 0 unspecified atom stereocenters. The number of H-pyrrole nitrogens is 1. The standard InChI is InChI=1S/C24H21N5O/c1-2-17(24-27-9-10-28-24)14-22-15(1)13-20(30-22)5-4-19-12-18-11-16(3-6-21(18)29-19)23-25-7-8-26-23/h1-6,11-14,29H,7-10H2,(H,25,26)(H,27,28)/b5-4+. The lowest BCUT2D eigenvalue weighted by Gasteiger charge is -2.01. The Kier molecular flexibility index (Phi) is 3.94. The van der Waals surface area contributed by atoms with E-state index >= 15 is 0 Å². The number of furan rings is 1. The first kappa shape index (κ1) is 17.1. The molecule has 6 rings (SSSR count). The third-order valence-corrected chi connectivity index (χ3v) is 5.50. The van der Waals surface area contributed by atoms with Crippen LogP contribution in [0.15, 0.2) is 62.9 Å². The van der Waals surface area contributed by atoms with Gasteiger partial charge in [-0.25, -0.2) is 0 Å². The lowest BCUT2D eigenvalue weighted by atomic mass is 10.1. The van der Waals surface area contributed by atoms with E-state index in [9.17, 15) is 0 Å². The van der Waals surface area contributed by atoms with E-state index in [-0.39, 0.29) is 0 Å². The van der Waals surface area contributed by atoms with Gasteiger partial charge in [-0.1, -0.05) is 12.1 Å². The largest absolute Gasteiger partial charge is 0.457 e. The normalized spacial score (nSPS) is 16.3. The first-order valence-corrected chi connectivity index (χ1v) is 10.2. The molecule has 3 N–H and O–H groups in total. The fraction of sp³-hybridized carbons (Fsp3) is 0.167. The van der Waals surface area contributed by atoms with Gasteiger partial charge in [-0.2, -0.15) is 0 Å². The number of nitrogens with one attached hydrogen (secondary N) is 3. The molecule has 2 aliphatic heterocycles. The van der Waals surface area contributed by atoms with Crippen molar-refractivity contribution >= 4 is 45.7 Å². The van der Waals surface area contributed by atoms with Gasteiger partial charge in [-0.05, 0) is 48.6 Å². The number of aromatic amines is 1. The summed E-state index contributed by atoms with van der Waals surface area (Å²) < 4.78 is 6.04. The number of hydrogen-bond acceptors (Lipinski definition) is 5. The molecule has 0 atom stereocenters. The number of rotatable bonds is 4. The third-order valence-electron chi connectivity index (χ3n) is 5.50. The zero-order valence-electron chi connectivity index (χ0n) is 16.4. The maximum Gasteiger partial charge on any atom is 0.135 e. The number of amidine groups is 2. The van der Waals surface area contributed by atoms with Crippen LogP contribution in [0.4, 0.5) is 0 Å². The van der Waals surface area contributed by atoms with Gasteiger partial charge in [0.15, 0.2) is 0 Å². The van der Waals surface area contributed by atoms with Crippen LogP contribution in [0, 0.1) is 0 Å². The van der Waals surface area contributed by atoms with Crippen molar-refractivity contribution in [2.45, 2.75) is 0 Å². The molecule has 148 valence electrons. The van der Waals surface area contributed by atoms with Crippen molar-refractivity contribution < 1.29 is 4.42 Å². The quantitative estimate of drug-likeness (QED) is 0.492. The summed E-state index contributed by atoms with van der Waals surface area (Å²) in [5.41, 5.74) is 5.21. The second-order valence-corrected chi connectivity index (χ2v) is 7.58. The summed E-state index contributed by atoms with van der Waals surface area (Å²) in [6.07, 6.45) is 4.05. The summed E-state index contributed by atoms with van der Waals surface area (Å²) >= 11 is 0. The van der Waals surface area contributed by atoms with Gasteiger partial charge in [-0.3, -0.25) is 9.98 Å². The van der Waals surface area contributed by atoms with Gasteiger partial charge in [0.1, 0.15) is 23.0 Å². The van der Waals surface area contributed by atoms with Crippen molar-refractivity contribution in [1.29, 1.82) is 0 Å². The highest BCUT2D eigenvalue weighted by atomic mass is 16.3. The number of hydrogen-bond donors (Lipinski definition) is 3. The van der Waals surface area contributed by atoms with Gasteiger partial charge in [-0.15, -0.1) is 0 Å². The summed E-state index contributed by atoms with van der Waals surface area (Å²) in [6, 6.07) is 16.8. The molecule has 30 heavy (non-hydrogen) atoms. The molecule has 6 heteroatoms. The minimum absolute atomic E-state index is 0.826. The van der Waals surface area contributed by atoms with Crippen LogP contribution < -0.4 is 10.6 Å². The van der Waals surface area contributed by atoms with E-state index in [2.05, 4.69) is 68.1 Å². The van der Waals surface area contributed by atoms with Crippen molar-refractivity contribution in [3.63, 3.8) is 0 Å². The molecule has 4 aromatic rings. The van der Waals surface area contributed by atoms with Crippen LogP contribution in [0.25, 0.3) is 34.0 Å². The summed E-state index contributed by atoms with van der Waals surface area (Å²) in [5, 5.41) is 8.89. The van der Waals surface area contributed by atoms with Crippen LogP contribution in [0.5, 0.6) is 0 Å². The van der Waals surface area contributed by atoms with Crippen molar-refractivity contribution in [1.82, 2.24) is 15.6 Å². The molecule has 0 spiro atoms. The van der Waals surface area contributed by atoms with E-state index in [1.165, 1.54) is 5.39 Å². The third kappa shape index (κ3) is 3.06. The number of aliphatic imine (C=N–C) groups is 2. The Morgan fingerprint density at radius 3 is 2.30 bits per heavy atom. The van der Waals surface area contributed by atoms with Gasteiger partial charge in [0.25, 0.3) is 0 Å². The van der Waals surface area contributed by atoms with E-state index in [1.807, 2.05) is 18.2 Å². The van der Waals surface area contributed by atoms with Gasteiger partial charge in [0.2, 0.25) is 0 Å². The molecule has 0 saturated carbocycles. The number of fused-ring (bicyclic) bond motifs is 2. The maximum absolute atomic E-state index is 6.04. The van der Waals surface area contributed by atoms with E-state index in [4.69, 9.17) is 4.42 Å². The lowest BCUT2D eigenvalue weighted by molar-refractivity contribution is 0.604. The zero-order valence-corrected chi connectivity index (χ0v) is 16.4. The van der Waals surface area contributed by atoms with Gasteiger partial charge < -0.3 is 20.0 Å². The minimum atomic E-state index is 0.826. The lowest BCUT2D eigenvalue weighted by Crippen LogP contribution is -2.19. The molecule has 0 amide bonds. The molecule has 0 bridgehead atoms. The minimum Gasteiger partial charge on any atom is -0.457 e. The summed E-state index contributed by atoms with van der Waals surface area (Å²) in [6.45, 7) is 3.49. The zero-order chi connectivity index (χ0) is 19.9. The Labute approximate surface area is 173 Å². The highest BCUT2D eigenvalue weighted by Crippen LogP contribution is 2.24. The molecule has 2 aromatic heterocycles. The van der Waals surface area contributed by atoms with Crippen molar-refractivity contribution in [2.24, 2.45) is 9.98 Å². The Hall–Kier alpha value is -3.80.